The van der Waals surface area contributed by atoms with Crippen molar-refractivity contribution in [3.05, 3.63) is 24.3 Å². The number of ketones is 1. The molecule has 1 unspecified atom stereocenters. The molecular formula is C13H15N3O. The van der Waals surface area contributed by atoms with Gasteiger partial charge >= 0.3 is 0 Å². The average Bonchev–Trinajstić information content (AvgIpc) is 3.08. The molecule has 0 bridgehead atoms. The summed E-state index contributed by atoms with van der Waals surface area (Å²) in [6.45, 7) is 3.55. The molecule has 0 spiro atoms. The van der Waals surface area contributed by atoms with Crippen molar-refractivity contribution in [2.24, 2.45) is 0 Å². The van der Waals surface area contributed by atoms with Gasteiger partial charge in [0, 0.05) is 12.2 Å². The van der Waals surface area contributed by atoms with Gasteiger partial charge in [0.25, 0.3) is 0 Å². The van der Waals surface area contributed by atoms with E-state index in [4.69, 9.17) is 0 Å². The summed E-state index contributed by atoms with van der Waals surface area (Å²) in [7, 11) is 0. The van der Waals surface area contributed by atoms with Crippen LogP contribution in [0.4, 0.5) is 0 Å². The van der Waals surface area contributed by atoms with Crippen molar-refractivity contribution in [1.82, 2.24) is 14.5 Å². The highest BCUT2D eigenvalue weighted by atomic mass is 16.1. The molecule has 2 aromatic rings. The third-order valence-corrected chi connectivity index (χ3v) is 3.43. The predicted octanol–water partition coefficient (Wildman–Crippen LogP) is 2.46. The summed E-state index contributed by atoms with van der Waals surface area (Å²) < 4.78 is 2.23. The fourth-order valence-electron chi connectivity index (χ4n) is 2.17. The molecule has 1 saturated carbocycles. The van der Waals surface area contributed by atoms with Crippen LogP contribution in [0.5, 0.6) is 0 Å². The predicted molar refractivity (Wildman–Crippen MR) is 64.9 cm³/mol. The van der Waals surface area contributed by atoms with E-state index in [0.717, 1.165) is 16.9 Å². The van der Waals surface area contributed by atoms with Crippen LogP contribution < -0.4 is 0 Å². The van der Waals surface area contributed by atoms with E-state index in [1.54, 1.807) is 19.3 Å². The van der Waals surface area contributed by atoms with E-state index in [1.807, 2.05) is 13.0 Å². The fraction of sp³-hybridized carbons (Fsp3) is 0.462. The number of hydrogen-bond acceptors (Lipinski definition) is 3. The van der Waals surface area contributed by atoms with Crippen LogP contribution in [0, 0.1) is 0 Å². The molecule has 2 aromatic heterocycles. The van der Waals surface area contributed by atoms with Crippen LogP contribution >= 0.6 is 0 Å². The quantitative estimate of drug-likeness (QED) is 0.812. The molecule has 0 saturated heterocycles. The first kappa shape index (κ1) is 10.4. The zero-order valence-electron chi connectivity index (χ0n) is 10.1. The highest BCUT2D eigenvalue weighted by Crippen LogP contribution is 2.40. The largest absolute Gasteiger partial charge is 0.324 e. The maximum Gasteiger partial charge on any atom is 0.140 e. The second-order valence-corrected chi connectivity index (χ2v) is 4.77. The highest BCUT2D eigenvalue weighted by molar-refractivity contribution is 5.84. The molecule has 17 heavy (non-hydrogen) atoms. The number of carbonyl (C=O) groups excluding carboxylic acids is 1. The number of imidazole rings is 1. The molecule has 3 rings (SSSR count). The Labute approximate surface area is 99.7 Å². The van der Waals surface area contributed by atoms with Gasteiger partial charge in [-0.15, -0.1) is 0 Å². The number of nitrogens with zero attached hydrogens (tertiary/aromatic N) is 3. The lowest BCUT2D eigenvalue weighted by molar-refractivity contribution is -0.118. The average molecular weight is 229 g/mol. The van der Waals surface area contributed by atoms with E-state index in [0.29, 0.717) is 6.04 Å². The zero-order valence-corrected chi connectivity index (χ0v) is 10.1. The SMILES string of the molecule is CC(=O)C(C)c1nc2cnccc2n1C1CC1. The molecule has 4 nitrogen and oxygen atoms in total. The van der Waals surface area contributed by atoms with Crippen molar-refractivity contribution >= 4 is 16.8 Å². The molecule has 0 amide bonds. The number of rotatable bonds is 3. The molecule has 0 aliphatic heterocycles. The summed E-state index contributed by atoms with van der Waals surface area (Å²) in [6.07, 6.45) is 5.92. The molecule has 0 radical (unpaired) electrons. The minimum Gasteiger partial charge on any atom is -0.324 e. The Balaban J connectivity index is 2.22. The van der Waals surface area contributed by atoms with Gasteiger partial charge in [0.2, 0.25) is 0 Å². The summed E-state index contributed by atoms with van der Waals surface area (Å²) in [5.74, 6) is 0.918. The van der Waals surface area contributed by atoms with Crippen molar-refractivity contribution in [2.45, 2.75) is 38.6 Å². The smallest absolute Gasteiger partial charge is 0.140 e. The number of aromatic nitrogens is 3. The first-order chi connectivity index (χ1) is 8.18. The Hall–Kier alpha value is -1.71. The summed E-state index contributed by atoms with van der Waals surface area (Å²) in [5.41, 5.74) is 1.99. The van der Waals surface area contributed by atoms with Crippen molar-refractivity contribution < 1.29 is 4.79 Å². The number of carbonyl (C=O) groups is 1. The van der Waals surface area contributed by atoms with Gasteiger partial charge in [-0.2, -0.15) is 0 Å². The molecule has 1 aliphatic carbocycles. The van der Waals surface area contributed by atoms with Crippen LogP contribution in [-0.4, -0.2) is 20.3 Å². The van der Waals surface area contributed by atoms with Crippen LogP contribution in [0.3, 0.4) is 0 Å². The van der Waals surface area contributed by atoms with Crippen molar-refractivity contribution in [3.63, 3.8) is 0 Å². The van der Waals surface area contributed by atoms with Gasteiger partial charge in [0.1, 0.15) is 17.1 Å². The van der Waals surface area contributed by atoms with E-state index >= 15 is 0 Å². The molecule has 1 atom stereocenters. The van der Waals surface area contributed by atoms with Gasteiger partial charge in [-0.3, -0.25) is 9.78 Å². The summed E-state index contributed by atoms with van der Waals surface area (Å²) in [5, 5.41) is 0. The van der Waals surface area contributed by atoms with E-state index < -0.39 is 0 Å². The normalized spacial score (nSPS) is 17.3. The second-order valence-electron chi connectivity index (χ2n) is 4.77. The summed E-state index contributed by atoms with van der Waals surface area (Å²) in [6, 6.07) is 2.51. The molecule has 0 aromatic carbocycles. The number of pyridine rings is 1. The van der Waals surface area contributed by atoms with Gasteiger partial charge in [0.15, 0.2) is 0 Å². The molecule has 88 valence electrons. The van der Waals surface area contributed by atoms with Crippen molar-refractivity contribution in [1.29, 1.82) is 0 Å². The Kier molecular flexibility index (Phi) is 2.24. The lowest BCUT2D eigenvalue weighted by atomic mass is 10.1. The van der Waals surface area contributed by atoms with Crippen LogP contribution in [0.15, 0.2) is 18.5 Å². The van der Waals surface area contributed by atoms with Gasteiger partial charge < -0.3 is 4.57 Å². The lowest BCUT2D eigenvalue weighted by Crippen LogP contribution is -2.11. The Morgan fingerprint density at radius 1 is 1.53 bits per heavy atom. The van der Waals surface area contributed by atoms with Gasteiger partial charge in [0.05, 0.1) is 17.6 Å². The highest BCUT2D eigenvalue weighted by Gasteiger charge is 2.30. The monoisotopic (exact) mass is 229 g/mol. The van der Waals surface area contributed by atoms with E-state index in [9.17, 15) is 4.79 Å². The van der Waals surface area contributed by atoms with E-state index in [1.165, 1.54) is 12.8 Å². The summed E-state index contributed by atoms with van der Waals surface area (Å²) >= 11 is 0. The zero-order chi connectivity index (χ0) is 12.0. The second kappa shape index (κ2) is 3.65. The number of fused-ring (bicyclic) bond motifs is 1. The van der Waals surface area contributed by atoms with Crippen LogP contribution in [-0.2, 0) is 4.79 Å². The molecule has 1 aliphatic rings. The topological polar surface area (TPSA) is 47.8 Å². The molecule has 0 N–H and O–H groups in total. The minimum absolute atomic E-state index is 0.136. The number of Topliss-reactive ketones (excluding diaryl/α,β-unsaturated/α-hetero) is 1. The maximum atomic E-state index is 11.5. The molecule has 2 heterocycles. The Morgan fingerprint density at radius 2 is 2.29 bits per heavy atom. The van der Waals surface area contributed by atoms with Crippen LogP contribution in [0.25, 0.3) is 11.0 Å². The molecule has 1 fully saturated rings. The molecule has 4 heteroatoms. The maximum absolute atomic E-state index is 11.5. The third-order valence-electron chi connectivity index (χ3n) is 3.43. The van der Waals surface area contributed by atoms with Crippen molar-refractivity contribution in [2.75, 3.05) is 0 Å². The third kappa shape index (κ3) is 1.64. The first-order valence-corrected chi connectivity index (χ1v) is 6.01. The first-order valence-electron chi connectivity index (χ1n) is 6.01. The van der Waals surface area contributed by atoms with Crippen LogP contribution in [0.2, 0.25) is 0 Å². The van der Waals surface area contributed by atoms with Crippen LogP contribution in [0.1, 0.15) is 44.5 Å². The van der Waals surface area contributed by atoms with Gasteiger partial charge in [-0.05, 0) is 32.8 Å². The van der Waals surface area contributed by atoms with Crippen molar-refractivity contribution in [3.8, 4) is 0 Å². The van der Waals surface area contributed by atoms with Gasteiger partial charge in [-0.25, -0.2) is 4.98 Å². The number of hydrogen-bond donors (Lipinski definition) is 0. The van der Waals surface area contributed by atoms with Gasteiger partial charge in [-0.1, -0.05) is 0 Å². The lowest BCUT2D eigenvalue weighted by Gasteiger charge is -2.11. The molecular weight excluding hydrogens is 214 g/mol. The Bertz CT molecular complexity index is 583. The summed E-state index contributed by atoms with van der Waals surface area (Å²) in [4.78, 5) is 20.2. The Morgan fingerprint density at radius 3 is 2.94 bits per heavy atom. The van der Waals surface area contributed by atoms with E-state index in [-0.39, 0.29) is 11.7 Å². The fourth-order valence-corrected chi connectivity index (χ4v) is 2.17. The standard InChI is InChI=1S/C13H15N3O/c1-8(9(2)17)13-15-11-7-14-6-5-12(11)16(13)10-3-4-10/h5-8,10H,3-4H2,1-2H3. The minimum atomic E-state index is -0.136. The van der Waals surface area contributed by atoms with E-state index in [2.05, 4.69) is 14.5 Å².